The number of hydrogen-bond donors (Lipinski definition) is 2. The van der Waals surface area contributed by atoms with Crippen molar-refractivity contribution in [3.05, 3.63) is 50.9 Å². The van der Waals surface area contributed by atoms with Crippen molar-refractivity contribution in [2.24, 2.45) is 0 Å². The Balaban J connectivity index is 1.97. The SMILES string of the molecule is CC(NCc1ccc(O)c(F)c1)c1ccc(Cl)s1. The number of aromatic hydroxyl groups is 1. The van der Waals surface area contributed by atoms with E-state index in [1.807, 2.05) is 19.1 Å². The van der Waals surface area contributed by atoms with Crippen molar-refractivity contribution in [1.82, 2.24) is 5.32 Å². The third-order valence-electron chi connectivity index (χ3n) is 2.65. The predicted octanol–water partition coefficient (Wildman–Crippen LogP) is 4.10. The van der Waals surface area contributed by atoms with Gasteiger partial charge in [-0.2, -0.15) is 0 Å². The summed E-state index contributed by atoms with van der Waals surface area (Å²) in [5.41, 5.74) is 0.791. The van der Waals surface area contributed by atoms with Crippen LogP contribution in [0, 0.1) is 5.82 Å². The summed E-state index contributed by atoms with van der Waals surface area (Å²) < 4.78 is 13.9. The van der Waals surface area contributed by atoms with Gasteiger partial charge in [0.25, 0.3) is 0 Å². The maximum absolute atomic E-state index is 13.1. The van der Waals surface area contributed by atoms with Crippen LogP contribution in [0.1, 0.15) is 23.4 Å². The third kappa shape index (κ3) is 3.22. The highest BCUT2D eigenvalue weighted by Crippen LogP contribution is 2.27. The first-order valence-electron chi connectivity index (χ1n) is 5.52. The maximum Gasteiger partial charge on any atom is 0.165 e. The third-order valence-corrected chi connectivity index (χ3v) is 4.06. The molecule has 18 heavy (non-hydrogen) atoms. The average molecular weight is 286 g/mol. The molecule has 5 heteroatoms. The lowest BCUT2D eigenvalue weighted by Crippen LogP contribution is -2.17. The second kappa shape index (κ2) is 5.69. The highest BCUT2D eigenvalue weighted by molar-refractivity contribution is 7.16. The minimum absolute atomic E-state index is 0.152. The lowest BCUT2D eigenvalue weighted by Gasteiger charge is -2.12. The van der Waals surface area contributed by atoms with Crippen molar-refractivity contribution in [2.45, 2.75) is 19.5 Å². The van der Waals surface area contributed by atoms with E-state index in [2.05, 4.69) is 5.32 Å². The smallest absolute Gasteiger partial charge is 0.165 e. The van der Waals surface area contributed by atoms with Gasteiger partial charge in [-0.25, -0.2) is 4.39 Å². The number of phenols is 1. The molecular weight excluding hydrogens is 273 g/mol. The van der Waals surface area contributed by atoms with E-state index in [4.69, 9.17) is 16.7 Å². The van der Waals surface area contributed by atoms with Gasteiger partial charge in [0.2, 0.25) is 0 Å². The summed E-state index contributed by atoms with van der Waals surface area (Å²) in [6, 6.07) is 8.37. The van der Waals surface area contributed by atoms with Crippen molar-refractivity contribution >= 4 is 22.9 Å². The van der Waals surface area contributed by atoms with Gasteiger partial charge < -0.3 is 10.4 Å². The van der Waals surface area contributed by atoms with Crippen LogP contribution in [0.2, 0.25) is 4.34 Å². The summed E-state index contributed by atoms with van der Waals surface area (Å²) in [5, 5.41) is 12.4. The first-order valence-corrected chi connectivity index (χ1v) is 6.71. The van der Waals surface area contributed by atoms with E-state index < -0.39 is 5.82 Å². The molecule has 0 fully saturated rings. The fourth-order valence-electron chi connectivity index (χ4n) is 1.59. The number of benzene rings is 1. The molecule has 1 unspecified atom stereocenters. The first kappa shape index (κ1) is 13.3. The lowest BCUT2D eigenvalue weighted by molar-refractivity contribution is 0.431. The van der Waals surface area contributed by atoms with E-state index in [1.54, 1.807) is 6.07 Å². The summed E-state index contributed by atoms with van der Waals surface area (Å²) in [7, 11) is 0. The van der Waals surface area contributed by atoms with Crippen LogP contribution < -0.4 is 5.32 Å². The number of rotatable bonds is 4. The molecule has 1 aromatic carbocycles. The topological polar surface area (TPSA) is 32.3 Å². The summed E-state index contributed by atoms with van der Waals surface area (Å²) in [6.45, 7) is 2.56. The summed E-state index contributed by atoms with van der Waals surface area (Å²) in [5.74, 6) is -0.919. The minimum Gasteiger partial charge on any atom is -0.505 e. The van der Waals surface area contributed by atoms with E-state index >= 15 is 0 Å². The fraction of sp³-hybridized carbons (Fsp3) is 0.231. The Bertz CT molecular complexity index is 544. The molecule has 0 aliphatic heterocycles. The van der Waals surface area contributed by atoms with Crippen LogP contribution in [0.4, 0.5) is 4.39 Å². The van der Waals surface area contributed by atoms with Gasteiger partial charge in [0.15, 0.2) is 11.6 Å². The molecule has 0 saturated carbocycles. The predicted molar refractivity (Wildman–Crippen MR) is 72.6 cm³/mol. The zero-order chi connectivity index (χ0) is 13.1. The highest BCUT2D eigenvalue weighted by Gasteiger charge is 2.08. The summed E-state index contributed by atoms with van der Waals surface area (Å²) in [4.78, 5) is 1.14. The second-order valence-electron chi connectivity index (χ2n) is 4.03. The van der Waals surface area contributed by atoms with Crippen LogP contribution in [-0.4, -0.2) is 5.11 Å². The molecule has 96 valence electrons. The van der Waals surface area contributed by atoms with Gasteiger partial charge in [0.05, 0.1) is 4.34 Å². The maximum atomic E-state index is 13.1. The minimum atomic E-state index is -0.596. The zero-order valence-corrected chi connectivity index (χ0v) is 11.4. The number of nitrogens with one attached hydrogen (secondary N) is 1. The molecule has 2 rings (SSSR count). The normalized spacial score (nSPS) is 12.6. The number of hydrogen-bond acceptors (Lipinski definition) is 3. The molecule has 2 aromatic rings. The van der Waals surface area contributed by atoms with E-state index in [-0.39, 0.29) is 11.8 Å². The van der Waals surface area contributed by atoms with Crippen LogP contribution in [0.3, 0.4) is 0 Å². The molecule has 0 aliphatic rings. The van der Waals surface area contributed by atoms with Crippen molar-refractivity contribution in [3.8, 4) is 5.75 Å². The van der Waals surface area contributed by atoms with Crippen molar-refractivity contribution < 1.29 is 9.50 Å². The largest absolute Gasteiger partial charge is 0.505 e. The van der Waals surface area contributed by atoms with Crippen LogP contribution in [0.15, 0.2) is 30.3 Å². The Kier molecular flexibility index (Phi) is 4.22. The van der Waals surface area contributed by atoms with Crippen molar-refractivity contribution in [3.63, 3.8) is 0 Å². The summed E-state index contributed by atoms with van der Waals surface area (Å²) in [6.07, 6.45) is 0. The second-order valence-corrected chi connectivity index (χ2v) is 5.78. The molecule has 0 amide bonds. The van der Waals surface area contributed by atoms with Gasteiger partial charge in [0.1, 0.15) is 0 Å². The molecule has 0 spiro atoms. The van der Waals surface area contributed by atoms with Gasteiger partial charge >= 0.3 is 0 Å². The van der Waals surface area contributed by atoms with Gasteiger partial charge in [0, 0.05) is 17.5 Å². The molecule has 2 nitrogen and oxygen atoms in total. The Morgan fingerprint density at radius 3 is 2.78 bits per heavy atom. The number of thiophene rings is 1. The zero-order valence-electron chi connectivity index (χ0n) is 9.78. The van der Waals surface area contributed by atoms with Gasteiger partial charge in [-0.15, -0.1) is 11.3 Å². The van der Waals surface area contributed by atoms with E-state index in [0.29, 0.717) is 6.54 Å². The Morgan fingerprint density at radius 2 is 2.17 bits per heavy atom. The molecular formula is C13H13ClFNOS. The molecule has 1 aromatic heterocycles. The lowest BCUT2D eigenvalue weighted by atomic mass is 10.2. The summed E-state index contributed by atoms with van der Waals surface area (Å²) >= 11 is 7.40. The number of phenolic OH excluding ortho intramolecular Hbond substituents is 1. The average Bonchev–Trinajstić information content (AvgIpc) is 2.77. The molecule has 1 heterocycles. The monoisotopic (exact) mass is 285 g/mol. The highest BCUT2D eigenvalue weighted by atomic mass is 35.5. The molecule has 0 radical (unpaired) electrons. The van der Waals surface area contributed by atoms with Crippen LogP contribution >= 0.6 is 22.9 Å². The van der Waals surface area contributed by atoms with Gasteiger partial charge in [-0.05, 0) is 36.8 Å². The Hall–Kier alpha value is -1.10. The Morgan fingerprint density at radius 1 is 1.39 bits per heavy atom. The van der Waals surface area contributed by atoms with Crippen molar-refractivity contribution in [1.29, 1.82) is 0 Å². The van der Waals surface area contributed by atoms with Gasteiger partial charge in [-0.1, -0.05) is 17.7 Å². The quantitative estimate of drug-likeness (QED) is 0.886. The van der Waals surface area contributed by atoms with Gasteiger partial charge in [-0.3, -0.25) is 0 Å². The molecule has 0 bridgehead atoms. The van der Waals surface area contributed by atoms with E-state index in [1.165, 1.54) is 23.5 Å². The first-order chi connectivity index (χ1) is 8.56. The fourth-order valence-corrected chi connectivity index (χ4v) is 2.68. The molecule has 0 saturated heterocycles. The Labute approximate surface area is 114 Å². The number of halogens is 2. The molecule has 1 atom stereocenters. The standard InChI is InChI=1S/C13H13ClFNOS/c1-8(12-4-5-13(14)18-12)16-7-9-2-3-11(17)10(15)6-9/h2-6,8,16-17H,7H2,1H3. The van der Waals surface area contributed by atoms with E-state index in [9.17, 15) is 4.39 Å². The van der Waals surface area contributed by atoms with Crippen LogP contribution in [0.25, 0.3) is 0 Å². The van der Waals surface area contributed by atoms with Crippen molar-refractivity contribution in [2.75, 3.05) is 0 Å². The van der Waals surface area contributed by atoms with Crippen LogP contribution in [-0.2, 0) is 6.54 Å². The van der Waals surface area contributed by atoms with E-state index in [0.717, 1.165) is 14.8 Å². The van der Waals surface area contributed by atoms with Crippen LogP contribution in [0.5, 0.6) is 5.75 Å². The molecule has 2 N–H and O–H groups in total. The molecule has 0 aliphatic carbocycles.